The molecule has 0 saturated heterocycles. The molecular weight excluding hydrogens is 270 g/mol. The Morgan fingerprint density at radius 1 is 0.905 bits per heavy atom. The second-order valence-corrected chi connectivity index (χ2v) is 10.8. The van der Waals surface area contributed by atoms with E-state index in [-0.39, 0.29) is 0 Å². The fourth-order valence-electron chi connectivity index (χ4n) is 1.80. The summed E-state index contributed by atoms with van der Waals surface area (Å²) in [5.74, 6) is 3.31. The second-order valence-electron chi connectivity index (χ2n) is 6.02. The lowest BCUT2D eigenvalue weighted by Gasteiger charge is -2.05. The molecule has 0 aliphatic rings. The Bertz CT molecular complexity index is 655. The van der Waals surface area contributed by atoms with Crippen molar-refractivity contribution in [3.05, 3.63) is 71.8 Å². The van der Waals surface area contributed by atoms with Crippen LogP contribution in [-0.4, -0.2) is 13.8 Å². The average molecular weight is 291 g/mol. The summed E-state index contributed by atoms with van der Waals surface area (Å²) in [6, 6.07) is 20.5. The maximum atomic E-state index is 4.73. The SMILES string of the molecule is C[Si](C)(C)C#CC(=NCc1ccccc1)c1ccccc1. The van der Waals surface area contributed by atoms with Crippen molar-refractivity contribution in [3.63, 3.8) is 0 Å². The van der Waals surface area contributed by atoms with Crippen molar-refractivity contribution >= 4 is 13.8 Å². The maximum absolute atomic E-state index is 4.73. The topological polar surface area (TPSA) is 12.4 Å². The van der Waals surface area contributed by atoms with Gasteiger partial charge in [0.2, 0.25) is 0 Å². The molecule has 2 rings (SSSR count). The molecule has 0 amide bonds. The van der Waals surface area contributed by atoms with Crippen LogP contribution in [0.1, 0.15) is 11.1 Å². The number of rotatable bonds is 3. The van der Waals surface area contributed by atoms with Gasteiger partial charge in [-0.25, -0.2) is 0 Å². The fraction of sp³-hybridized carbons (Fsp3) is 0.211. The summed E-state index contributed by atoms with van der Waals surface area (Å²) < 4.78 is 0. The van der Waals surface area contributed by atoms with E-state index in [9.17, 15) is 0 Å². The molecule has 0 atom stereocenters. The van der Waals surface area contributed by atoms with Gasteiger partial charge >= 0.3 is 0 Å². The average Bonchev–Trinajstić information content (AvgIpc) is 2.48. The molecule has 0 aliphatic carbocycles. The van der Waals surface area contributed by atoms with Gasteiger partial charge in [0.1, 0.15) is 13.8 Å². The summed E-state index contributed by atoms with van der Waals surface area (Å²) in [6.07, 6.45) is 0. The van der Waals surface area contributed by atoms with Crippen LogP contribution in [0.3, 0.4) is 0 Å². The van der Waals surface area contributed by atoms with Crippen molar-refractivity contribution in [2.75, 3.05) is 0 Å². The predicted molar refractivity (Wildman–Crippen MR) is 94.2 cm³/mol. The highest BCUT2D eigenvalue weighted by Crippen LogP contribution is 2.06. The summed E-state index contributed by atoms with van der Waals surface area (Å²) in [7, 11) is -1.40. The molecule has 21 heavy (non-hydrogen) atoms. The van der Waals surface area contributed by atoms with Crippen molar-refractivity contribution in [2.24, 2.45) is 4.99 Å². The van der Waals surface area contributed by atoms with Crippen LogP contribution >= 0.6 is 0 Å². The minimum Gasteiger partial charge on any atom is -0.271 e. The third kappa shape index (κ3) is 5.41. The van der Waals surface area contributed by atoms with E-state index in [1.54, 1.807) is 0 Å². The third-order valence-electron chi connectivity index (χ3n) is 2.87. The van der Waals surface area contributed by atoms with Crippen molar-refractivity contribution in [1.82, 2.24) is 0 Å². The fourth-order valence-corrected chi connectivity index (χ4v) is 2.29. The zero-order valence-corrected chi connectivity index (χ0v) is 13.9. The van der Waals surface area contributed by atoms with Crippen LogP contribution in [0.15, 0.2) is 65.7 Å². The Morgan fingerprint density at radius 3 is 2.05 bits per heavy atom. The molecule has 106 valence electrons. The molecule has 2 heteroatoms. The first kappa shape index (κ1) is 15.3. The van der Waals surface area contributed by atoms with Crippen LogP contribution in [0.4, 0.5) is 0 Å². The molecule has 0 N–H and O–H groups in total. The first-order valence-corrected chi connectivity index (χ1v) is 10.7. The van der Waals surface area contributed by atoms with Gasteiger partial charge in [-0.05, 0) is 5.56 Å². The lowest BCUT2D eigenvalue weighted by atomic mass is 10.1. The zero-order valence-electron chi connectivity index (χ0n) is 12.9. The van der Waals surface area contributed by atoms with Crippen LogP contribution < -0.4 is 0 Å². The molecule has 0 bridgehead atoms. The quantitative estimate of drug-likeness (QED) is 0.447. The highest BCUT2D eigenvalue weighted by Gasteiger charge is 2.08. The standard InChI is InChI=1S/C19H21NSi/c1-21(2,3)15-14-19(18-12-8-5-9-13-18)20-16-17-10-6-4-7-11-17/h4-13H,16H2,1-3H3. The van der Waals surface area contributed by atoms with Gasteiger partial charge in [-0.3, -0.25) is 4.99 Å². The molecule has 2 aromatic rings. The van der Waals surface area contributed by atoms with Gasteiger partial charge < -0.3 is 0 Å². The second kappa shape index (κ2) is 7.06. The van der Waals surface area contributed by atoms with Crippen molar-refractivity contribution in [2.45, 2.75) is 26.2 Å². The molecule has 1 nitrogen and oxygen atoms in total. The van der Waals surface area contributed by atoms with Crippen LogP contribution in [0, 0.1) is 11.5 Å². The van der Waals surface area contributed by atoms with E-state index in [0.717, 1.165) is 11.3 Å². The molecule has 0 aliphatic heterocycles. The van der Waals surface area contributed by atoms with Crippen molar-refractivity contribution in [1.29, 1.82) is 0 Å². The molecular formula is C19H21NSi. The molecule has 0 unspecified atom stereocenters. The Balaban J connectivity index is 2.29. The summed E-state index contributed by atoms with van der Waals surface area (Å²) in [5, 5.41) is 0. The van der Waals surface area contributed by atoms with Crippen molar-refractivity contribution < 1.29 is 0 Å². The van der Waals surface area contributed by atoms with Gasteiger partial charge in [0.15, 0.2) is 0 Å². The number of hydrogen-bond acceptors (Lipinski definition) is 1. The summed E-state index contributed by atoms with van der Waals surface area (Å²) >= 11 is 0. The molecule has 2 aromatic carbocycles. The van der Waals surface area contributed by atoms with Gasteiger partial charge in [-0.15, -0.1) is 5.54 Å². The Labute approximate surface area is 128 Å². The highest BCUT2D eigenvalue weighted by molar-refractivity contribution is 6.84. The zero-order chi connectivity index (χ0) is 15.1. The Hall–Kier alpha value is -2.11. The first-order valence-electron chi connectivity index (χ1n) is 7.21. The van der Waals surface area contributed by atoms with Gasteiger partial charge in [-0.2, -0.15) is 0 Å². The third-order valence-corrected chi connectivity index (χ3v) is 3.74. The summed E-state index contributed by atoms with van der Waals surface area (Å²) in [5.41, 5.74) is 6.61. The molecule has 0 radical (unpaired) electrons. The van der Waals surface area contributed by atoms with Gasteiger partial charge in [-0.1, -0.05) is 86.2 Å². The van der Waals surface area contributed by atoms with Crippen LogP contribution in [-0.2, 0) is 6.54 Å². The first-order chi connectivity index (χ1) is 10.0. The molecule has 0 heterocycles. The number of nitrogens with zero attached hydrogens (tertiary/aromatic N) is 1. The van der Waals surface area contributed by atoms with Crippen molar-refractivity contribution in [3.8, 4) is 11.5 Å². The maximum Gasteiger partial charge on any atom is 0.129 e. The van der Waals surface area contributed by atoms with E-state index in [1.807, 2.05) is 36.4 Å². The predicted octanol–water partition coefficient (Wildman–Crippen LogP) is 4.56. The van der Waals surface area contributed by atoms with E-state index in [1.165, 1.54) is 5.56 Å². The van der Waals surface area contributed by atoms with E-state index in [4.69, 9.17) is 4.99 Å². The number of benzene rings is 2. The van der Waals surface area contributed by atoms with Gasteiger partial charge in [0.25, 0.3) is 0 Å². The summed E-state index contributed by atoms with van der Waals surface area (Å²) in [4.78, 5) is 4.73. The molecule has 0 aromatic heterocycles. The minimum atomic E-state index is -1.40. The van der Waals surface area contributed by atoms with E-state index in [2.05, 4.69) is 55.4 Å². The molecule has 0 fully saturated rings. The Morgan fingerprint density at radius 2 is 1.48 bits per heavy atom. The Kier molecular flexibility index (Phi) is 5.13. The van der Waals surface area contributed by atoms with E-state index < -0.39 is 8.07 Å². The highest BCUT2D eigenvalue weighted by atomic mass is 28.3. The normalized spacial score (nSPS) is 11.7. The molecule has 0 saturated carbocycles. The monoisotopic (exact) mass is 291 g/mol. The van der Waals surface area contributed by atoms with Crippen LogP contribution in [0.2, 0.25) is 19.6 Å². The van der Waals surface area contributed by atoms with Crippen LogP contribution in [0.5, 0.6) is 0 Å². The lowest BCUT2D eigenvalue weighted by Crippen LogP contribution is -2.17. The minimum absolute atomic E-state index is 0.672. The van der Waals surface area contributed by atoms with E-state index >= 15 is 0 Å². The largest absolute Gasteiger partial charge is 0.271 e. The van der Waals surface area contributed by atoms with Crippen LogP contribution in [0.25, 0.3) is 0 Å². The smallest absolute Gasteiger partial charge is 0.129 e. The van der Waals surface area contributed by atoms with Gasteiger partial charge in [0.05, 0.1) is 6.54 Å². The number of hydrogen-bond donors (Lipinski definition) is 0. The number of aliphatic imine (C=N–C) groups is 1. The van der Waals surface area contributed by atoms with E-state index in [0.29, 0.717) is 6.54 Å². The lowest BCUT2D eigenvalue weighted by molar-refractivity contribution is 1.07. The molecule has 0 spiro atoms. The summed E-state index contributed by atoms with van der Waals surface area (Å²) in [6.45, 7) is 7.42. The van der Waals surface area contributed by atoms with Gasteiger partial charge in [0, 0.05) is 5.56 Å².